The third kappa shape index (κ3) is 3.36. The summed E-state index contributed by atoms with van der Waals surface area (Å²) in [6, 6.07) is 0. The van der Waals surface area contributed by atoms with Gasteiger partial charge in [-0.05, 0) is 21.0 Å². The van der Waals surface area contributed by atoms with E-state index >= 15 is 0 Å². The first-order valence-corrected chi connectivity index (χ1v) is 7.61. The van der Waals surface area contributed by atoms with E-state index in [1.54, 1.807) is 0 Å². The lowest BCUT2D eigenvalue weighted by atomic mass is 10.5. The highest BCUT2D eigenvalue weighted by Crippen LogP contribution is 2.26. The maximum atomic E-state index is 11.7. The van der Waals surface area contributed by atoms with Crippen LogP contribution in [-0.4, -0.2) is 56.5 Å². The van der Waals surface area contributed by atoms with Crippen molar-refractivity contribution in [3.63, 3.8) is 0 Å². The minimum atomic E-state index is -3.39. The van der Waals surface area contributed by atoms with Crippen molar-refractivity contribution in [3.8, 4) is 0 Å². The largest absolute Gasteiger partial charge is 0.383 e. The molecule has 0 atom stereocenters. The van der Waals surface area contributed by atoms with Crippen molar-refractivity contribution >= 4 is 21.5 Å². The molecule has 18 heavy (non-hydrogen) atoms. The molecule has 1 rings (SSSR count). The summed E-state index contributed by atoms with van der Waals surface area (Å²) in [4.78, 5) is 2.07. The minimum Gasteiger partial charge on any atom is -0.383 e. The first-order chi connectivity index (χ1) is 8.27. The fraction of sp³-hybridized carbons (Fsp3) is 0.700. The van der Waals surface area contributed by atoms with Gasteiger partial charge in [0.1, 0.15) is 5.82 Å². The van der Waals surface area contributed by atoms with Gasteiger partial charge in [-0.1, -0.05) is 0 Å². The Morgan fingerprint density at radius 3 is 2.50 bits per heavy atom. The van der Waals surface area contributed by atoms with Crippen LogP contribution >= 0.6 is 0 Å². The number of nitrogens with one attached hydrogen (secondary N) is 1. The number of likely N-dealkylation sites (N-methyl/N-ethyl adjacent to an activating group) is 1. The van der Waals surface area contributed by atoms with E-state index in [9.17, 15) is 8.42 Å². The van der Waals surface area contributed by atoms with Crippen LogP contribution in [0.25, 0.3) is 0 Å². The van der Waals surface area contributed by atoms with E-state index in [1.807, 2.05) is 25.9 Å². The Bertz CT molecular complexity index is 507. The molecule has 0 bridgehead atoms. The average Bonchev–Trinajstić information content (AvgIpc) is 2.52. The first-order valence-electron chi connectivity index (χ1n) is 5.72. The van der Waals surface area contributed by atoms with Gasteiger partial charge in [0.25, 0.3) is 0 Å². The van der Waals surface area contributed by atoms with Gasteiger partial charge in [0.15, 0.2) is 20.6 Å². The van der Waals surface area contributed by atoms with E-state index in [-0.39, 0.29) is 10.7 Å². The van der Waals surface area contributed by atoms with E-state index in [0.717, 1.165) is 12.8 Å². The number of rotatable bonds is 6. The molecule has 104 valence electrons. The zero-order chi connectivity index (χ0) is 13.9. The lowest BCUT2D eigenvalue weighted by Crippen LogP contribution is -2.20. The zero-order valence-corrected chi connectivity index (χ0v) is 12.1. The minimum absolute atomic E-state index is 0.0862. The van der Waals surface area contributed by atoms with Crippen molar-refractivity contribution in [2.24, 2.45) is 0 Å². The summed E-state index contributed by atoms with van der Waals surface area (Å²) in [5, 5.41) is 7.14. The Morgan fingerprint density at radius 1 is 1.44 bits per heavy atom. The van der Waals surface area contributed by atoms with Gasteiger partial charge in [0.05, 0.1) is 6.54 Å². The lowest BCUT2D eigenvalue weighted by Gasteiger charge is -2.10. The number of nitrogens with zero attached hydrogens (tertiary/aromatic N) is 3. The van der Waals surface area contributed by atoms with E-state index in [4.69, 9.17) is 5.73 Å². The van der Waals surface area contributed by atoms with Crippen LogP contribution in [0, 0.1) is 0 Å². The molecule has 7 nitrogen and oxygen atoms in total. The summed E-state index contributed by atoms with van der Waals surface area (Å²) in [6.07, 6.45) is 1.14. The van der Waals surface area contributed by atoms with E-state index < -0.39 is 9.84 Å². The standard InChI is InChI=1S/C10H21N5O2S/c1-5-12-10-8(18(4,16)17)9(11)15(13-10)7-6-14(2)3/h5-7,11H2,1-4H3,(H,12,13). The Labute approximate surface area is 108 Å². The molecule has 0 radical (unpaired) electrons. The number of nitrogen functional groups attached to an aromatic ring is 1. The Hall–Kier alpha value is -1.28. The fourth-order valence-electron chi connectivity index (χ4n) is 1.57. The van der Waals surface area contributed by atoms with Crippen LogP contribution in [-0.2, 0) is 16.4 Å². The molecule has 0 spiro atoms. The summed E-state index contributed by atoms with van der Waals surface area (Å²) in [5.41, 5.74) is 5.87. The molecule has 1 heterocycles. The summed E-state index contributed by atoms with van der Waals surface area (Å²) in [7, 11) is 0.477. The molecule has 0 fully saturated rings. The smallest absolute Gasteiger partial charge is 0.182 e. The maximum absolute atomic E-state index is 11.7. The lowest BCUT2D eigenvalue weighted by molar-refractivity contribution is 0.375. The molecule has 0 saturated heterocycles. The third-order valence-corrected chi connectivity index (χ3v) is 3.56. The highest BCUT2D eigenvalue weighted by atomic mass is 32.2. The Balaban J connectivity index is 3.16. The van der Waals surface area contributed by atoms with E-state index in [1.165, 1.54) is 4.68 Å². The van der Waals surface area contributed by atoms with Gasteiger partial charge in [0.2, 0.25) is 0 Å². The number of hydrogen-bond acceptors (Lipinski definition) is 6. The van der Waals surface area contributed by atoms with Crippen molar-refractivity contribution in [2.45, 2.75) is 18.4 Å². The van der Waals surface area contributed by atoms with Crippen LogP contribution < -0.4 is 11.1 Å². The number of hydrogen-bond donors (Lipinski definition) is 2. The van der Waals surface area contributed by atoms with Crippen LogP contribution in [0.2, 0.25) is 0 Å². The molecule has 0 aromatic carbocycles. The molecule has 0 amide bonds. The Morgan fingerprint density at radius 2 is 2.06 bits per heavy atom. The predicted molar refractivity (Wildman–Crippen MR) is 72.5 cm³/mol. The highest BCUT2D eigenvalue weighted by molar-refractivity contribution is 7.91. The summed E-state index contributed by atoms with van der Waals surface area (Å²) < 4.78 is 25.0. The van der Waals surface area contributed by atoms with Gasteiger partial charge in [-0.3, -0.25) is 0 Å². The summed E-state index contributed by atoms with van der Waals surface area (Å²) in [6.45, 7) is 3.75. The first kappa shape index (κ1) is 14.8. The fourth-order valence-corrected chi connectivity index (χ4v) is 2.52. The molecule has 0 aliphatic heterocycles. The van der Waals surface area contributed by atoms with Gasteiger partial charge in [-0.25, -0.2) is 13.1 Å². The molecule has 0 saturated carbocycles. The van der Waals surface area contributed by atoms with Crippen LogP contribution in [0.1, 0.15) is 6.92 Å². The zero-order valence-electron chi connectivity index (χ0n) is 11.3. The molecule has 8 heteroatoms. The second kappa shape index (κ2) is 5.57. The second-order valence-corrected chi connectivity index (χ2v) is 6.34. The van der Waals surface area contributed by atoms with Crippen molar-refractivity contribution in [3.05, 3.63) is 0 Å². The van der Waals surface area contributed by atoms with Gasteiger partial charge >= 0.3 is 0 Å². The summed E-state index contributed by atoms with van der Waals surface area (Å²) >= 11 is 0. The average molecular weight is 275 g/mol. The Kier molecular flexibility index (Phi) is 4.58. The monoisotopic (exact) mass is 275 g/mol. The molecule has 3 N–H and O–H groups in total. The number of anilines is 2. The summed E-state index contributed by atoms with van der Waals surface area (Å²) in [5.74, 6) is 0.520. The molecule has 1 aromatic rings. The number of nitrogens with two attached hydrogens (primary N) is 1. The van der Waals surface area contributed by atoms with Gasteiger partial charge in [-0.15, -0.1) is 0 Å². The van der Waals surface area contributed by atoms with Crippen molar-refractivity contribution in [1.82, 2.24) is 14.7 Å². The van der Waals surface area contributed by atoms with Gasteiger partial charge < -0.3 is 16.0 Å². The van der Waals surface area contributed by atoms with Gasteiger partial charge in [0, 0.05) is 19.3 Å². The van der Waals surface area contributed by atoms with E-state index in [0.29, 0.717) is 18.9 Å². The van der Waals surface area contributed by atoms with Crippen LogP contribution in [0.4, 0.5) is 11.6 Å². The van der Waals surface area contributed by atoms with E-state index in [2.05, 4.69) is 10.4 Å². The second-order valence-electron chi connectivity index (χ2n) is 4.39. The SMILES string of the molecule is CCNc1nn(CCN(C)C)c(N)c1S(C)(=O)=O. The quantitative estimate of drug-likeness (QED) is 0.751. The topological polar surface area (TPSA) is 93.2 Å². The molecule has 0 unspecified atom stereocenters. The van der Waals surface area contributed by atoms with Crippen molar-refractivity contribution < 1.29 is 8.42 Å². The molecular formula is C10H21N5O2S. The molecule has 0 aliphatic carbocycles. The maximum Gasteiger partial charge on any atom is 0.182 e. The van der Waals surface area contributed by atoms with Crippen molar-refractivity contribution in [2.75, 3.05) is 44.5 Å². The van der Waals surface area contributed by atoms with Crippen LogP contribution in [0.3, 0.4) is 0 Å². The number of sulfone groups is 1. The van der Waals surface area contributed by atoms with Crippen LogP contribution in [0.15, 0.2) is 4.90 Å². The molecular weight excluding hydrogens is 254 g/mol. The highest BCUT2D eigenvalue weighted by Gasteiger charge is 2.23. The van der Waals surface area contributed by atoms with Gasteiger partial charge in [-0.2, -0.15) is 5.10 Å². The normalized spacial score (nSPS) is 12.1. The number of aromatic nitrogens is 2. The molecule has 1 aromatic heterocycles. The third-order valence-electron chi connectivity index (χ3n) is 2.42. The molecule has 0 aliphatic rings. The predicted octanol–water partition coefficient (Wildman–Crippen LogP) is -0.138. The van der Waals surface area contributed by atoms with Crippen molar-refractivity contribution in [1.29, 1.82) is 0 Å². The van der Waals surface area contributed by atoms with Crippen LogP contribution in [0.5, 0.6) is 0 Å².